The molecule has 7 heteroatoms. The molecule has 0 saturated carbocycles. The largest absolute Gasteiger partial charge is 0.495 e. The van der Waals surface area contributed by atoms with Crippen LogP contribution in [-0.4, -0.2) is 18.9 Å². The van der Waals surface area contributed by atoms with Gasteiger partial charge in [-0.3, -0.25) is 9.59 Å². The van der Waals surface area contributed by atoms with Crippen molar-refractivity contribution in [2.24, 2.45) is 0 Å². The average molecular weight is 387 g/mol. The molecule has 2 amide bonds. The molecule has 2 N–H and O–H groups in total. The van der Waals surface area contributed by atoms with Gasteiger partial charge in [-0.1, -0.05) is 29.8 Å². The van der Waals surface area contributed by atoms with Crippen LogP contribution >= 0.6 is 22.9 Å². The number of halogens is 1. The molecule has 0 spiro atoms. The third-order valence-corrected chi connectivity index (χ3v) is 4.78. The van der Waals surface area contributed by atoms with Crippen LogP contribution in [0.2, 0.25) is 5.02 Å². The summed E-state index contributed by atoms with van der Waals surface area (Å²) in [5.74, 6) is -0.0528. The highest BCUT2D eigenvalue weighted by Crippen LogP contribution is 2.27. The Balaban J connectivity index is 1.80. The van der Waals surface area contributed by atoms with Gasteiger partial charge >= 0.3 is 0 Å². The van der Waals surface area contributed by atoms with Crippen molar-refractivity contribution in [3.63, 3.8) is 0 Å². The number of carbonyl (C=O) groups is 2. The van der Waals surface area contributed by atoms with E-state index in [-0.39, 0.29) is 11.8 Å². The highest BCUT2D eigenvalue weighted by atomic mass is 35.5. The van der Waals surface area contributed by atoms with Crippen LogP contribution in [0.3, 0.4) is 0 Å². The first kappa shape index (κ1) is 18.0. The number of benzene rings is 2. The number of hydrogen-bond acceptors (Lipinski definition) is 4. The second-order valence-corrected chi connectivity index (χ2v) is 6.64. The zero-order chi connectivity index (χ0) is 18.5. The minimum atomic E-state index is -0.335. The predicted molar refractivity (Wildman–Crippen MR) is 105 cm³/mol. The van der Waals surface area contributed by atoms with E-state index in [4.69, 9.17) is 16.3 Å². The van der Waals surface area contributed by atoms with Crippen molar-refractivity contribution in [3.05, 3.63) is 75.4 Å². The molecule has 0 unspecified atom stereocenters. The van der Waals surface area contributed by atoms with Crippen LogP contribution in [-0.2, 0) is 0 Å². The van der Waals surface area contributed by atoms with E-state index in [0.717, 1.165) is 0 Å². The van der Waals surface area contributed by atoms with Crippen molar-refractivity contribution in [1.82, 2.24) is 0 Å². The van der Waals surface area contributed by atoms with Gasteiger partial charge in [0, 0.05) is 5.56 Å². The fraction of sp³-hybridized carbons (Fsp3) is 0.0526. The number of carbonyl (C=O) groups excluding carboxylic acids is 2. The number of para-hydroxylation sites is 2. The number of anilines is 2. The lowest BCUT2D eigenvalue weighted by Crippen LogP contribution is -2.14. The number of methoxy groups -OCH3 is 1. The second-order valence-electron chi connectivity index (χ2n) is 5.28. The topological polar surface area (TPSA) is 67.4 Å². The van der Waals surface area contributed by atoms with Gasteiger partial charge in [0.1, 0.15) is 5.75 Å². The third-order valence-electron chi connectivity index (χ3n) is 3.58. The Hall–Kier alpha value is -2.83. The number of amides is 2. The maximum absolute atomic E-state index is 12.5. The van der Waals surface area contributed by atoms with Crippen LogP contribution in [0.25, 0.3) is 0 Å². The van der Waals surface area contributed by atoms with Gasteiger partial charge in [-0.15, -0.1) is 11.3 Å². The van der Waals surface area contributed by atoms with Gasteiger partial charge in [0.2, 0.25) is 0 Å². The molecular weight excluding hydrogens is 372 g/mol. The van der Waals surface area contributed by atoms with Gasteiger partial charge in [0.25, 0.3) is 11.8 Å². The van der Waals surface area contributed by atoms with E-state index in [9.17, 15) is 9.59 Å². The molecule has 2 aromatic carbocycles. The number of nitrogens with one attached hydrogen (secondary N) is 2. The molecule has 0 aliphatic heterocycles. The Kier molecular flexibility index (Phi) is 5.55. The summed E-state index contributed by atoms with van der Waals surface area (Å²) in [5, 5.41) is 7.68. The Bertz CT molecular complexity index is 942. The second kappa shape index (κ2) is 8.03. The molecule has 5 nitrogen and oxygen atoms in total. The standard InChI is InChI=1S/C19H15ClN2O3S/c1-25-16-6-3-2-5-14(16)21-18(23)12-8-9-13(20)15(11-12)22-19(24)17-7-4-10-26-17/h2-11H,1H3,(H,21,23)(H,22,24). The van der Waals surface area contributed by atoms with Gasteiger partial charge < -0.3 is 15.4 Å². The molecular formula is C19H15ClN2O3S. The minimum Gasteiger partial charge on any atom is -0.495 e. The van der Waals surface area contributed by atoms with Crippen molar-refractivity contribution < 1.29 is 14.3 Å². The van der Waals surface area contributed by atoms with E-state index in [0.29, 0.717) is 32.6 Å². The Morgan fingerprint density at radius 1 is 0.962 bits per heavy atom. The lowest BCUT2D eigenvalue weighted by atomic mass is 10.1. The predicted octanol–water partition coefficient (Wildman–Crippen LogP) is 4.91. The fourth-order valence-corrected chi connectivity index (χ4v) is 3.08. The lowest BCUT2D eigenvalue weighted by Gasteiger charge is -2.11. The number of thiophene rings is 1. The van der Waals surface area contributed by atoms with Crippen molar-refractivity contribution in [1.29, 1.82) is 0 Å². The van der Waals surface area contributed by atoms with Crippen molar-refractivity contribution in [3.8, 4) is 5.75 Å². The monoisotopic (exact) mass is 386 g/mol. The number of rotatable bonds is 5. The molecule has 0 bridgehead atoms. The summed E-state index contributed by atoms with van der Waals surface area (Å²) in [5.41, 5.74) is 1.29. The molecule has 3 aromatic rings. The van der Waals surface area contributed by atoms with E-state index in [1.54, 1.807) is 48.5 Å². The van der Waals surface area contributed by atoms with Gasteiger partial charge in [0.15, 0.2) is 0 Å². The molecule has 0 fully saturated rings. The maximum Gasteiger partial charge on any atom is 0.265 e. The quantitative estimate of drug-likeness (QED) is 0.654. The summed E-state index contributed by atoms with van der Waals surface area (Å²) in [7, 11) is 1.53. The molecule has 26 heavy (non-hydrogen) atoms. The van der Waals surface area contributed by atoms with Crippen LogP contribution in [0.4, 0.5) is 11.4 Å². The Morgan fingerprint density at radius 3 is 2.46 bits per heavy atom. The molecule has 1 heterocycles. The van der Waals surface area contributed by atoms with Gasteiger partial charge in [0.05, 0.1) is 28.4 Å². The molecule has 1 aromatic heterocycles. The summed E-state index contributed by atoms with van der Waals surface area (Å²) in [6.07, 6.45) is 0. The smallest absolute Gasteiger partial charge is 0.265 e. The van der Waals surface area contributed by atoms with E-state index in [1.165, 1.54) is 18.4 Å². The molecule has 0 atom stereocenters. The zero-order valence-electron chi connectivity index (χ0n) is 13.8. The summed E-state index contributed by atoms with van der Waals surface area (Å²) in [4.78, 5) is 25.3. The van der Waals surface area contributed by atoms with Crippen LogP contribution in [0.1, 0.15) is 20.0 Å². The van der Waals surface area contributed by atoms with Crippen LogP contribution in [0, 0.1) is 0 Å². The minimum absolute atomic E-state index is 0.274. The fourth-order valence-electron chi connectivity index (χ4n) is 2.30. The molecule has 132 valence electrons. The van der Waals surface area contributed by atoms with Crippen LogP contribution in [0.15, 0.2) is 60.0 Å². The molecule has 3 rings (SSSR count). The van der Waals surface area contributed by atoms with Gasteiger partial charge in [-0.05, 0) is 41.8 Å². The molecule has 0 radical (unpaired) electrons. The van der Waals surface area contributed by atoms with E-state index >= 15 is 0 Å². The Labute approximate surface area is 159 Å². The lowest BCUT2D eigenvalue weighted by molar-refractivity contribution is 0.101. The summed E-state index contributed by atoms with van der Waals surface area (Å²) >= 11 is 7.48. The van der Waals surface area contributed by atoms with E-state index < -0.39 is 0 Å². The van der Waals surface area contributed by atoms with Crippen LogP contribution < -0.4 is 15.4 Å². The molecule has 0 aliphatic carbocycles. The Morgan fingerprint density at radius 2 is 1.73 bits per heavy atom. The zero-order valence-corrected chi connectivity index (χ0v) is 15.4. The van der Waals surface area contributed by atoms with Crippen molar-refractivity contribution >= 4 is 46.1 Å². The first-order valence-electron chi connectivity index (χ1n) is 7.67. The summed E-state index contributed by atoms with van der Waals surface area (Å²) < 4.78 is 5.23. The summed E-state index contributed by atoms with van der Waals surface area (Å²) in [6.45, 7) is 0. The normalized spacial score (nSPS) is 10.2. The summed E-state index contributed by atoms with van der Waals surface area (Å²) in [6, 6.07) is 15.3. The highest BCUT2D eigenvalue weighted by molar-refractivity contribution is 7.12. The average Bonchev–Trinajstić information content (AvgIpc) is 3.18. The van der Waals surface area contributed by atoms with Gasteiger partial charge in [-0.25, -0.2) is 0 Å². The number of hydrogen-bond donors (Lipinski definition) is 2. The SMILES string of the molecule is COc1ccccc1NC(=O)c1ccc(Cl)c(NC(=O)c2cccs2)c1. The first-order valence-corrected chi connectivity index (χ1v) is 8.93. The maximum atomic E-state index is 12.5. The number of ether oxygens (including phenoxy) is 1. The first-order chi connectivity index (χ1) is 12.6. The molecule has 0 saturated heterocycles. The van der Waals surface area contributed by atoms with Crippen LogP contribution in [0.5, 0.6) is 5.75 Å². The van der Waals surface area contributed by atoms with Crippen molar-refractivity contribution in [2.45, 2.75) is 0 Å². The van der Waals surface area contributed by atoms with Crippen molar-refractivity contribution in [2.75, 3.05) is 17.7 Å². The molecule has 0 aliphatic rings. The van der Waals surface area contributed by atoms with E-state index in [2.05, 4.69) is 10.6 Å². The van der Waals surface area contributed by atoms with Gasteiger partial charge in [-0.2, -0.15) is 0 Å². The third kappa shape index (κ3) is 4.04. The highest BCUT2D eigenvalue weighted by Gasteiger charge is 2.14. The van der Waals surface area contributed by atoms with E-state index in [1.807, 2.05) is 11.4 Å².